The molecule has 0 aliphatic carbocycles. The molecule has 1 aromatic carbocycles. The Balaban J connectivity index is 2.39. The fourth-order valence-corrected chi connectivity index (χ4v) is 2.27. The summed E-state index contributed by atoms with van der Waals surface area (Å²) in [4.78, 5) is 28.4. The predicted octanol–water partition coefficient (Wildman–Crippen LogP) is 1.60. The Hall–Kier alpha value is -2.63. The first-order valence-corrected chi connectivity index (χ1v) is 6.67. The van der Waals surface area contributed by atoms with E-state index in [1.54, 1.807) is 19.1 Å². The van der Waals surface area contributed by atoms with Crippen LogP contribution in [-0.4, -0.2) is 43.7 Å². The van der Waals surface area contributed by atoms with Crippen molar-refractivity contribution in [1.82, 2.24) is 0 Å². The number of hydrogen-bond donors (Lipinski definition) is 0. The Morgan fingerprint density at radius 2 is 1.77 bits per heavy atom. The van der Waals surface area contributed by atoms with Crippen molar-refractivity contribution < 1.29 is 23.8 Å². The van der Waals surface area contributed by atoms with Crippen molar-refractivity contribution in [3.8, 4) is 0 Å². The maximum atomic E-state index is 12.2. The molecule has 0 fully saturated rings. The van der Waals surface area contributed by atoms with E-state index in [4.69, 9.17) is 14.2 Å². The Bertz CT molecular complexity index is 605. The van der Waals surface area contributed by atoms with Crippen molar-refractivity contribution in [3.63, 3.8) is 0 Å². The summed E-state index contributed by atoms with van der Waals surface area (Å²) in [6.45, 7) is 1.57. The van der Waals surface area contributed by atoms with Gasteiger partial charge in [-0.15, -0.1) is 0 Å². The van der Waals surface area contributed by atoms with Crippen LogP contribution in [0.5, 0.6) is 0 Å². The van der Waals surface area contributed by atoms with Crippen molar-refractivity contribution in [1.29, 1.82) is 0 Å². The molecule has 0 N–H and O–H groups in total. The van der Waals surface area contributed by atoms with Crippen LogP contribution in [0.25, 0.3) is 6.08 Å². The number of methoxy groups -OCH3 is 2. The molecule has 2 rings (SSSR count). The van der Waals surface area contributed by atoms with Crippen molar-refractivity contribution >= 4 is 23.9 Å². The van der Waals surface area contributed by atoms with E-state index in [1.807, 2.05) is 30.3 Å². The minimum Gasteiger partial charge on any atom is -0.470 e. The molecule has 0 aromatic heterocycles. The van der Waals surface area contributed by atoms with Gasteiger partial charge in [-0.1, -0.05) is 36.4 Å². The molecule has 116 valence electrons. The van der Waals surface area contributed by atoms with Gasteiger partial charge in [0.05, 0.1) is 14.2 Å². The zero-order valence-electron chi connectivity index (χ0n) is 12.6. The van der Waals surface area contributed by atoms with E-state index in [9.17, 15) is 9.59 Å². The highest BCUT2D eigenvalue weighted by Crippen LogP contribution is 2.30. The van der Waals surface area contributed by atoms with Crippen molar-refractivity contribution in [2.24, 2.45) is 4.99 Å². The first-order chi connectivity index (χ1) is 10.5. The standard InChI is InChI=1S/C16H17NO5/c1-11-17-16(14(18)20-2,15(19)21-3)13(22-11)10-9-12-7-5-4-6-8-12/h4-10,13H,1-3H3/b10-9+. The molecular weight excluding hydrogens is 286 g/mol. The zero-order valence-corrected chi connectivity index (χ0v) is 12.6. The van der Waals surface area contributed by atoms with Gasteiger partial charge < -0.3 is 14.2 Å². The van der Waals surface area contributed by atoms with Gasteiger partial charge in [0.25, 0.3) is 5.54 Å². The number of carbonyl (C=O) groups is 2. The smallest absolute Gasteiger partial charge is 0.350 e. The molecule has 0 saturated heterocycles. The number of nitrogens with zero attached hydrogens (tertiary/aromatic N) is 1. The van der Waals surface area contributed by atoms with Crippen LogP contribution >= 0.6 is 0 Å². The van der Waals surface area contributed by atoms with Crippen LogP contribution in [-0.2, 0) is 23.8 Å². The minimum absolute atomic E-state index is 0.221. The lowest BCUT2D eigenvalue weighted by molar-refractivity contribution is -0.163. The molecule has 0 bridgehead atoms. The maximum absolute atomic E-state index is 12.2. The van der Waals surface area contributed by atoms with Crippen LogP contribution < -0.4 is 0 Å². The van der Waals surface area contributed by atoms with E-state index in [1.165, 1.54) is 14.2 Å². The predicted molar refractivity (Wildman–Crippen MR) is 80.2 cm³/mol. The highest BCUT2D eigenvalue weighted by Gasteiger charge is 2.59. The number of ether oxygens (including phenoxy) is 3. The minimum atomic E-state index is -1.86. The van der Waals surface area contributed by atoms with Crippen LogP contribution in [0, 0.1) is 0 Å². The molecule has 1 heterocycles. The number of aliphatic imine (C=N–C) groups is 1. The topological polar surface area (TPSA) is 74.2 Å². The summed E-state index contributed by atoms with van der Waals surface area (Å²) in [5.41, 5.74) is -0.960. The quantitative estimate of drug-likeness (QED) is 0.624. The molecular formula is C16H17NO5. The number of rotatable bonds is 4. The molecule has 0 radical (unpaired) electrons. The monoisotopic (exact) mass is 303 g/mol. The van der Waals surface area contributed by atoms with Crippen LogP contribution in [0.15, 0.2) is 41.4 Å². The van der Waals surface area contributed by atoms with Gasteiger partial charge in [0.15, 0.2) is 12.0 Å². The van der Waals surface area contributed by atoms with Crippen molar-refractivity contribution in [2.75, 3.05) is 14.2 Å². The van der Waals surface area contributed by atoms with Gasteiger partial charge in [-0.2, -0.15) is 0 Å². The second kappa shape index (κ2) is 6.43. The molecule has 6 nitrogen and oxygen atoms in total. The van der Waals surface area contributed by atoms with E-state index in [0.29, 0.717) is 0 Å². The third kappa shape index (κ3) is 2.72. The van der Waals surface area contributed by atoms with Crippen LogP contribution in [0.1, 0.15) is 12.5 Å². The molecule has 22 heavy (non-hydrogen) atoms. The molecule has 1 unspecified atom stereocenters. The third-order valence-electron chi connectivity index (χ3n) is 3.30. The Morgan fingerprint density at radius 1 is 1.18 bits per heavy atom. The van der Waals surface area contributed by atoms with Crippen molar-refractivity contribution in [2.45, 2.75) is 18.6 Å². The van der Waals surface area contributed by atoms with Gasteiger partial charge in [-0.25, -0.2) is 14.6 Å². The molecule has 1 aliphatic heterocycles. The lowest BCUT2D eigenvalue weighted by Gasteiger charge is -2.24. The summed E-state index contributed by atoms with van der Waals surface area (Å²) in [5.74, 6) is -1.42. The van der Waals surface area contributed by atoms with Crippen LogP contribution in [0.2, 0.25) is 0 Å². The molecule has 6 heteroatoms. The Kier molecular flexibility index (Phi) is 4.60. The average Bonchev–Trinajstić information content (AvgIpc) is 2.89. The van der Waals surface area contributed by atoms with Gasteiger partial charge in [-0.3, -0.25) is 0 Å². The summed E-state index contributed by atoms with van der Waals surface area (Å²) >= 11 is 0. The molecule has 0 amide bonds. The summed E-state index contributed by atoms with van der Waals surface area (Å²) in [6.07, 6.45) is 2.43. The molecule has 1 aliphatic rings. The molecule has 1 atom stereocenters. The van der Waals surface area contributed by atoms with Gasteiger partial charge in [0.1, 0.15) is 0 Å². The average molecular weight is 303 g/mol. The van der Waals surface area contributed by atoms with Crippen LogP contribution in [0.3, 0.4) is 0 Å². The second-order valence-corrected chi connectivity index (χ2v) is 4.69. The molecule has 0 spiro atoms. The Labute approximate surface area is 128 Å². The van der Waals surface area contributed by atoms with Gasteiger partial charge in [0.2, 0.25) is 0 Å². The maximum Gasteiger partial charge on any atom is 0.350 e. The number of benzene rings is 1. The van der Waals surface area contributed by atoms with E-state index in [0.717, 1.165) is 5.56 Å². The summed E-state index contributed by atoms with van der Waals surface area (Å²) in [5, 5.41) is 0. The highest BCUT2D eigenvalue weighted by atomic mass is 16.6. The molecule has 0 saturated carbocycles. The fourth-order valence-electron chi connectivity index (χ4n) is 2.27. The van der Waals surface area contributed by atoms with E-state index in [2.05, 4.69) is 4.99 Å². The zero-order chi connectivity index (χ0) is 16.2. The SMILES string of the molecule is COC(=O)C1(C(=O)OC)N=C(C)OC1/C=C/c1ccccc1. The first-order valence-electron chi connectivity index (χ1n) is 6.67. The number of esters is 2. The second-order valence-electron chi connectivity index (χ2n) is 4.69. The van der Waals surface area contributed by atoms with Crippen molar-refractivity contribution in [3.05, 3.63) is 42.0 Å². The van der Waals surface area contributed by atoms with Gasteiger partial charge in [0, 0.05) is 6.92 Å². The van der Waals surface area contributed by atoms with E-state index >= 15 is 0 Å². The van der Waals surface area contributed by atoms with E-state index < -0.39 is 23.6 Å². The van der Waals surface area contributed by atoms with Gasteiger partial charge in [-0.05, 0) is 11.6 Å². The fraction of sp³-hybridized carbons (Fsp3) is 0.312. The highest BCUT2D eigenvalue weighted by molar-refractivity contribution is 6.09. The lowest BCUT2D eigenvalue weighted by atomic mass is 9.92. The summed E-state index contributed by atoms with van der Waals surface area (Å²) in [7, 11) is 2.38. The third-order valence-corrected chi connectivity index (χ3v) is 3.30. The largest absolute Gasteiger partial charge is 0.470 e. The van der Waals surface area contributed by atoms with E-state index in [-0.39, 0.29) is 5.90 Å². The molecule has 1 aromatic rings. The Morgan fingerprint density at radius 3 is 2.32 bits per heavy atom. The first kappa shape index (κ1) is 15.8. The van der Waals surface area contributed by atoms with Crippen LogP contribution in [0.4, 0.5) is 0 Å². The number of carbonyl (C=O) groups excluding carboxylic acids is 2. The lowest BCUT2D eigenvalue weighted by Crippen LogP contribution is -2.53. The summed E-state index contributed by atoms with van der Waals surface area (Å²) < 4.78 is 15.0. The summed E-state index contributed by atoms with van der Waals surface area (Å²) in [6, 6.07) is 9.42. The normalized spacial score (nSPS) is 19.4. The van der Waals surface area contributed by atoms with Gasteiger partial charge >= 0.3 is 11.9 Å². The number of hydrogen-bond acceptors (Lipinski definition) is 6.